The number of rotatable bonds is 6. The summed E-state index contributed by atoms with van der Waals surface area (Å²) in [7, 11) is 0. The maximum absolute atomic E-state index is 12.3. The molecular weight excluding hydrogens is 208 g/mol. The Morgan fingerprint density at radius 3 is 2.87 bits per heavy atom. The minimum absolute atomic E-state index is 0.119. The van der Waals surface area contributed by atoms with Gasteiger partial charge in [0.2, 0.25) is 0 Å². The quantitative estimate of drug-likeness (QED) is 0.618. The van der Waals surface area contributed by atoms with E-state index in [9.17, 15) is 8.78 Å². The summed E-state index contributed by atoms with van der Waals surface area (Å²) in [5.74, 6) is 0.190. The van der Waals surface area contributed by atoms with Crippen LogP contribution in [-0.2, 0) is 6.54 Å². The van der Waals surface area contributed by atoms with Crippen LogP contribution in [0.25, 0.3) is 0 Å². The number of hydrogen-bond donors (Lipinski definition) is 3. The molecule has 0 aliphatic carbocycles. The average molecular weight is 221 g/mol. The lowest BCUT2D eigenvalue weighted by atomic mass is 10.4. The van der Waals surface area contributed by atoms with Crippen LogP contribution in [0.4, 0.5) is 8.78 Å². The fourth-order valence-corrected chi connectivity index (χ4v) is 1.07. The maximum atomic E-state index is 12.3. The molecule has 1 unspecified atom stereocenters. The van der Waals surface area contributed by atoms with E-state index in [1.54, 1.807) is 0 Å². The second kappa shape index (κ2) is 5.74. The smallest absolute Gasteiger partial charge is 0.319 e. The minimum Gasteiger partial charge on any atom is -0.394 e. The molecule has 0 aromatic carbocycles. The fraction of sp³-hybridized carbons (Fsp3) is 0.625. The third kappa shape index (κ3) is 3.54. The number of halogens is 2. The van der Waals surface area contributed by atoms with Gasteiger partial charge in [0.1, 0.15) is 5.82 Å². The van der Waals surface area contributed by atoms with Crippen molar-refractivity contribution < 1.29 is 19.0 Å². The molecule has 1 aromatic heterocycles. The summed E-state index contributed by atoms with van der Waals surface area (Å²) in [6.45, 7) is -2.73. The third-order valence-electron chi connectivity index (χ3n) is 1.83. The van der Waals surface area contributed by atoms with Crippen molar-refractivity contribution in [1.29, 1.82) is 0 Å². The number of aromatic nitrogens is 2. The highest BCUT2D eigenvalue weighted by Gasteiger charge is 2.11. The molecular formula is C8H13F2N3O2. The normalized spacial score (nSPS) is 13.4. The molecule has 5 nitrogen and oxygen atoms in total. The van der Waals surface area contributed by atoms with Crippen molar-refractivity contribution in [3.8, 4) is 0 Å². The van der Waals surface area contributed by atoms with Gasteiger partial charge in [-0.15, -0.1) is 0 Å². The molecule has 0 amide bonds. The zero-order valence-corrected chi connectivity index (χ0v) is 7.98. The molecule has 86 valence electrons. The van der Waals surface area contributed by atoms with Crippen LogP contribution < -0.4 is 5.32 Å². The highest BCUT2D eigenvalue weighted by atomic mass is 19.3. The number of aliphatic hydroxyl groups is 2. The van der Waals surface area contributed by atoms with Gasteiger partial charge in [0.05, 0.1) is 19.3 Å². The molecule has 15 heavy (non-hydrogen) atoms. The first-order chi connectivity index (χ1) is 7.15. The SMILES string of the molecule is OCC(O)CNCc1nccn1C(F)F. The van der Waals surface area contributed by atoms with E-state index in [1.165, 1.54) is 12.4 Å². The standard InChI is InChI=1S/C8H13F2N3O2/c9-8(10)13-2-1-12-7(13)4-11-3-6(15)5-14/h1-2,6,8,11,14-15H,3-5H2. The Morgan fingerprint density at radius 1 is 1.53 bits per heavy atom. The van der Waals surface area contributed by atoms with Crippen molar-refractivity contribution in [1.82, 2.24) is 14.9 Å². The van der Waals surface area contributed by atoms with E-state index in [0.717, 1.165) is 4.57 Å². The van der Waals surface area contributed by atoms with Gasteiger partial charge in [-0.05, 0) is 0 Å². The van der Waals surface area contributed by atoms with Gasteiger partial charge in [-0.2, -0.15) is 8.78 Å². The Balaban J connectivity index is 2.40. The molecule has 1 rings (SSSR count). The van der Waals surface area contributed by atoms with Gasteiger partial charge >= 0.3 is 6.55 Å². The van der Waals surface area contributed by atoms with E-state index in [0.29, 0.717) is 0 Å². The molecule has 0 aliphatic rings. The summed E-state index contributed by atoms with van der Waals surface area (Å²) in [4.78, 5) is 3.74. The van der Waals surface area contributed by atoms with Crippen molar-refractivity contribution in [2.24, 2.45) is 0 Å². The monoisotopic (exact) mass is 221 g/mol. The third-order valence-corrected chi connectivity index (χ3v) is 1.83. The summed E-state index contributed by atoms with van der Waals surface area (Å²) in [6.07, 6.45) is 1.58. The second-order valence-electron chi connectivity index (χ2n) is 3.00. The van der Waals surface area contributed by atoms with Crippen LogP contribution in [0.2, 0.25) is 0 Å². The summed E-state index contributed by atoms with van der Waals surface area (Å²) in [5, 5.41) is 20.2. The fourth-order valence-electron chi connectivity index (χ4n) is 1.07. The van der Waals surface area contributed by atoms with Crippen molar-refractivity contribution in [3.05, 3.63) is 18.2 Å². The van der Waals surface area contributed by atoms with Crippen molar-refractivity contribution in [3.63, 3.8) is 0 Å². The van der Waals surface area contributed by atoms with Crippen LogP contribution >= 0.6 is 0 Å². The lowest BCUT2D eigenvalue weighted by Crippen LogP contribution is -2.29. The molecule has 0 spiro atoms. The zero-order chi connectivity index (χ0) is 11.3. The van der Waals surface area contributed by atoms with Gasteiger partial charge < -0.3 is 15.5 Å². The van der Waals surface area contributed by atoms with E-state index < -0.39 is 12.7 Å². The topological polar surface area (TPSA) is 70.3 Å². The van der Waals surface area contributed by atoms with Gasteiger partial charge in [0.25, 0.3) is 0 Å². The minimum atomic E-state index is -2.62. The lowest BCUT2D eigenvalue weighted by molar-refractivity contribution is 0.0657. The van der Waals surface area contributed by atoms with Gasteiger partial charge in [0, 0.05) is 18.9 Å². The molecule has 0 saturated carbocycles. The molecule has 0 radical (unpaired) electrons. The van der Waals surface area contributed by atoms with Crippen LogP contribution in [0, 0.1) is 0 Å². The average Bonchev–Trinajstić information content (AvgIpc) is 2.65. The van der Waals surface area contributed by atoms with Gasteiger partial charge in [-0.25, -0.2) is 4.98 Å². The molecule has 1 aromatic rings. The Kier molecular flexibility index (Phi) is 4.60. The van der Waals surface area contributed by atoms with Crippen molar-refractivity contribution in [2.75, 3.05) is 13.2 Å². The number of nitrogens with one attached hydrogen (secondary N) is 1. The van der Waals surface area contributed by atoms with Gasteiger partial charge in [-0.1, -0.05) is 0 Å². The molecule has 0 bridgehead atoms. The molecule has 0 aliphatic heterocycles. The number of alkyl halides is 2. The molecule has 0 saturated heterocycles. The van der Waals surface area contributed by atoms with Gasteiger partial charge in [-0.3, -0.25) is 4.57 Å². The van der Waals surface area contributed by atoms with E-state index in [1.807, 2.05) is 0 Å². The van der Waals surface area contributed by atoms with E-state index in [4.69, 9.17) is 10.2 Å². The van der Waals surface area contributed by atoms with Gasteiger partial charge in [0.15, 0.2) is 0 Å². The Bertz CT molecular complexity index is 293. The molecule has 3 N–H and O–H groups in total. The second-order valence-corrected chi connectivity index (χ2v) is 3.00. The molecule has 1 atom stereocenters. The number of aliphatic hydroxyl groups excluding tert-OH is 2. The first-order valence-corrected chi connectivity index (χ1v) is 4.44. The van der Waals surface area contributed by atoms with Crippen LogP contribution in [0.15, 0.2) is 12.4 Å². The first-order valence-electron chi connectivity index (χ1n) is 4.44. The first kappa shape index (κ1) is 12.0. The highest BCUT2D eigenvalue weighted by Crippen LogP contribution is 2.11. The number of imidazole rings is 1. The maximum Gasteiger partial charge on any atom is 0.319 e. The predicted molar refractivity (Wildman–Crippen MR) is 48.3 cm³/mol. The molecule has 0 fully saturated rings. The van der Waals surface area contributed by atoms with Crippen molar-refractivity contribution >= 4 is 0 Å². The van der Waals surface area contributed by atoms with Crippen LogP contribution in [0.3, 0.4) is 0 Å². The lowest BCUT2D eigenvalue weighted by Gasteiger charge is -2.09. The zero-order valence-electron chi connectivity index (χ0n) is 7.98. The summed E-state index contributed by atoms with van der Waals surface area (Å²) >= 11 is 0. The van der Waals surface area contributed by atoms with E-state index in [-0.39, 0.29) is 25.5 Å². The summed E-state index contributed by atoms with van der Waals surface area (Å²) in [6, 6.07) is 0. The van der Waals surface area contributed by atoms with Crippen LogP contribution in [-0.4, -0.2) is 39.0 Å². The molecule has 1 heterocycles. The number of nitrogens with zero attached hydrogens (tertiary/aromatic N) is 2. The van der Waals surface area contributed by atoms with E-state index >= 15 is 0 Å². The highest BCUT2D eigenvalue weighted by molar-refractivity contribution is 4.92. The number of hydrogen-bond acceptors (Lipinski definition) is 4. The predicted octanol–water partition coefficient (Wildman–Crippen LogP) is -0.279. The largest absolute Gasteiger partial charge is 0.394 e. The summed E-state index contributed by atoms with van der Waals surface area (Å²) in [5.41, 5.74) is 0. The molecule has 7 heteroatoms. The Hall–Kier alpha value is -1.05. The van der Waals surface area contributed by atoms with Crippen molar-refractivity contribution in [2.45, 2.75) is 19.2 Å². The van der Waals surface area contributed by atoms with Crippen LogP contribution in [0.1, 0.15) is 12.4 Å². The summed E-state index contributed by atoms with van der Waals surface area (Å²) < 4.78 is 25.4. The Morgan fingerprint density at radius 2 is 2.27 bits per heavy atom. The van der Waals surface area contributed by atoms with E-state index in [2.05, 4.69) is 10.3 Å². The van der Waals surface area contributed by atoms with Crippen LogP contribution in [0.5, 0.6) is 0 Å². The Labute approximate surface area is 85.4 Å².